The highest BCUT2D eigenvalue weighted by molar-refractivity contribution is 7.77. The maximum Gasteiger partial charge on any atom is 0.675 e. The first-order chi connectivity index (χ1) is 8.61. The van der Waals surface area contributed by atoms with Crippen LogP contribution in [0.1, 0.15) is 0 Å². The van der Waals surface area contributed by atoms with Gasteiger partial charge in [-0.3, -0.25) is 17.3 Å². The third kappa shape index (κ3) is 176. The predicted molar refractivity (Wildman–Crippen MR) is 87.5 cm³/mol. The molecule has 0 spiro atoms. The number of thiol groups is 3. The SMILES string of the molecule is CN(C)S.CN(C)S.CN(C)S.O[Si](O)(O)OC(F)F. The lowest BCUT2D eigenvalue weighted by atomic mass is 11.3. The van der Waals surface area contributed by atoms with Crippen molar-refractivity contribution in [1.29, 1.82) is 0 Å². The van der Waals surface area contributed by atoms with Crippen LogP contribution in [0.15, 0.2) is 0 Å². The van der Waals surface area contributed by atoms with Crippen LogP contribution in [0.25, 0.3) is 0 Å². The fourth-order valence-corrected chi connectivity index (χ4v) is 0.359. The normalized spacial score (nSPS) is 10.5. The molecule has 0 amide bonds. The summed E-state index contributed by atoms with van der Waals surface area (Å²) in [7, 11) is 6.21. The molecule has 0 rings (SSSR count). The molecule has 0 saturated heterocycles. The zero-order chi connectivity index (χ0) is 17.5. The third-order valence-electron chi connectivity index (χ3n) is 0.247. The van der Waals surface area contributed by atoms with E-state index in [-0.39, 0.29) is 0 Å². The monoisotopic (exact) mass is 377 g/mol. The summed E-state index contributed by atoms with van der Waals surface area (Å²) in [5.74, 6) is 0. The molecule has 0 heterocycles. The average molecular weight is 378 g/mol. The van der Waals surface area contributed by atoms with Gasteiger partial charge in [-0.15, -0.1) is 0 Å². The van der Waals surface area contributed by atoms with E-state index in [2.05, 4.69) is 42.9 Å². The summed E-state index contributed by atoms with van der Waals surface area (Å²) in [6.45, 7) is -3.35. The number of hydrogen-bond donors (Lipinski definition) is 6. The first-order valence-electron chi connectivity index (χ1n) is 4.83. The highest BCUT2D eigenvalue weighted by Gasteiger charge is 2.34. The molecule has 0 radical (unpaired) electrons. The van der Waals surface area contributed by atoms with E-state index in [0.29, 0.717) is 0 Å². The van der Waals surface area contributed by atoms with E-state index in [1.54, 1.807) is 12.9 Å². The Kier molecular flexibility index (Phi) is 25.9. The minimum atomic E-state index is -4.97. The van der Waals surface area contributed by atoms with Crippen LogP contribution in [0.4, 0.5) is 8.78 Å². The van der Waals surface area contributed by atoms with Crippen molar-refractivity contribution in [3.8, 4) is 0 Å². The third-order valence-corrected chi connectivity index (χ3v) is 0.742. The molecular formula is C7H25F2N3O4S3Si. The Morgan fingerprint density at radius 2 is 0.950 bits per heavy atom. The molecule has 13 heteroatoms. The van der Waals surface area contributed by atoms with Crippen molar-refractivity contribution in [2.45, 2.75) is 6.61 Å². The van der Waals surface area contributed by atoms with Gasteiger partial charge >= 0.3 is 15.7 Å². The smallest absolute Gasteiger partial charge is 0.367 e. The molecule has 0 aliphatic carbocycles. The van der Waals surface area contributed by atoms with Gasteiger partial charge in [-0.05, 0) is 42.3 Å². The Bertz CT molecular complexity index is 169. The molecule has 0 bridgehead atoms. The van der Waals surface area contributed by atoms with Crippen LogP contribution in [-0.4, -0.2) is 85.2 Å². The van der Waals surface area contributed by atoms with E-state index in [1.165, 1.54) is 0 Å². The second-order valence-electron chi connectivity index (χ2n) is 3.49. The summed E-state index contributed by atoms with van der Waals surface area (Å²) in [4.78, 5) is 23.2. The molecule has 0 aliphatic rings. The number of alkyl halides is 2. The molecule has 0 unspecified atom stereocenters. The lowest BCUT2D eigenvalue weighted by Gasteiger charge is -2.06. The number of hydrogen-bond acceptors (Lipinski definition) is 10. The van der Waals surface area contributed by atoms with Crippen molar-refractivity contribution in [1.82, 2.24) is 12.9 Å². The van der Waals surface area contributed by atoms with Crippen molar-refractivity contribution >= 4 is 47.5 Å². The topological polar surface area (TPSA) is 79.6 Å². The van der Waals surface area contributed by atoms with Gasteiger partial charge in [0.1, 0.15) is 0 Å². The van der Waals surface area contributed by atoms with E-state index >= 15 is 0 Å². The minimum absolute atomic E-state index is 1.69. The number of halogens is 2. The largest absolute Gasteiger partial charge is 0.675 e. The van der Waals surface area contributed by atoms with Crippen LogP contribution >= 0.6 is 38.4 Å². The second-order valence-corrected chi connectivity index (χ2v) is 7.28. The molecule has 3 N–H and O–H groups in total. The lowest BCUT2D eigenvalue weighted by Crippen LogP contribution is -2.40. The van der Waals surface area contributed by atoms with Gasteiger partial charge in [0.05, 0.1) is 0 Å². The molecular weight excluding hydrogens is 352 g/mol. The summed E-state index contributed by atoms with van der Waals surface area (Å²) in [6, 6.07) is 0. The maximum atomic E-state index is 10.9. The van der Waals surface area contributed by atoms with Gasteiger partial charge < -0.3 is 14.4 Å². The lowest BCUT2D eigenvalue weighted by molar-refractivity contribution is -0.113. The summed E-state index contributed by atoms with van der Waals surface area (Å²) < 4.78 is 29.7. The molecule has 0 aromatic heterocycles. The van der Waals surface area contributed by atoms with Gasteiger partial charge in [-0.1, -0.05) is 38.4 Å². The molecule has 0 atom stereocenters. The first kappa shape index (κ1) is 28.9. The quantitative estimate of drug-likeness (QED) is 0.294. The fourth-order valence-electron chi connectivity index (χ4n) is 0.120. The van der Waals surface area contributed by atoms with Crippen molar-refractivity contribution in [3.05, 3.63) is 0 Å². The van der Waals surface area contributed by atoms with Crippen LogP contribution in [-0.2, 0) is 4.43 Å². The zero-order valence-corrected chi connectivity index (χ0v) is 15.9. The molecule has 128 valence electrons. The van der Waals surface area contributed by atoms with E-state index in [0.717, 1.165) is 0 Å². The number of rotatable bonds is 2. The Morgan fingerprint density at radius 3 is 0.950 bits per heavy atom. The molecule has 0 aromatic carbocycles. The molecule has 0 aliphatic heterocycles. The molecule has 0 aromatic rings. The van der Waals surface area contributed by atoms with Crippen LogP contribution in [0.2, 0.25) is 0 Å². The Labute approximate surface area is 137 Å². The van der Waals surface area contributed by atoms with Crippen molar-refractivity contribution in [2.75, 3.05) is 42.3 Å². The number of nitrogens with zero attached hydrogens (tertiary/aromatic N) is 3. The summed E-state index contributed by atoms with van der Waals surface area (Å²) in [5.41, 5.74) is 0. The van der Waals surface area contributed by atoms with Crippen molar-refractivity contribution < 1.29 is 27.6 Å². The average Bonchev–Trinajstić information content (AvgIpc) is 1.92. The van der Waals surface area contributed by atoms with E-state index in [4.69, 9.17) is 14.4 Å². The summed E-state index contributed by atoms with van der Waals surface area (Å²) in [5, 5.41) is 0. The Hall–Kier alpha value is 0.847. The van der Waals surface area contributed by atoms with Crippen molar-refractivity contribution in [2.24, 2.45) is 0 Å². The van der Waals surface area contributed by atoms with E-state index < -0.39 is 15.7 Å². The highest BCUT2D eigenvalue weighted by atomic mass is 32.1. The van der Waals surface area contributed by atoms with E-state index in [9.17, 15) is 8.78 Å². The van der Waals surface area contributed by atoms with Crippen LogP contribution in [0, 0.1) is 0 Å². The van der Waals surface area contributed by atoms with Gasteiger partial charge in [0.15, 0.2) is 0 Å². The molecule has 7 nitrogen and oxygen atoms in total. The maximum absolute atomic E-state index is 10.9. The van der Waals surface area contributed by atoms with Gasteiger partial charge in [0.2, 0.25) is 0 Å². The van der Waals surface area contributed by atoms with Gasteiger partial charge in [-0.2, -0.15) is 8.78 Å². The molecule has 0 fully saturated rings. The van der Waals surface area contributed by atoms with Crippen molar-refractivity contribution in [3.63, 3.8) is 0 Å². The van der Waals surface area contributed by atoms with Crippen LogP contribution in [0.5, 0.6) is 0 Å². The second kappa shape index (κ2) is 17.9. The van der Waals surface area contributed by atoms with Crippen LogP contribution in [0.3, 0.4) is 0 Å². The standard InChI is InChI=1S/3C2H7NS.CH4F2O4Si/c3*1-3(2)4;2-1(3)7-8(4,5)6/h3*4H,1-2H3;1,4-6H. The fraction of sp³-hybridized carbons (Fsp3) is 1.00. The van der Waals surface area contributed by atoms with Crippen LogP contribution < -0.4 is 0 Å². The minimum Gasteiger partial charge on any atom is -0.367 e. The molecule has 0 saturated carbocycles. The predicted octanol–water partition coefficient (Wildman–Crippen LogP) is -0.183. The van der Waals surface area contributed by atoms with Gasteiger partial charge in [-0.25, -0.2) is 0 Å². The zero-order valence-electron chi connectivity index (χ0n) is 12.3. The molecule has 20 heavy (non-hydrogen) atoms. The highest BCUT2D eigenvalue weighted by Crippen LogP contribution is 1.99. The summed E-state index contributed by atoms with van der Waals surface area (Å²) in [6.07, 6.45) is 0. The van der Waals surface area contributed by atoms with E-state index in [1.807, 2.05) is 42.3 Å². The Morgan fingerprint density at radius 1 is 0.800 bits per heavy atom. The van der Waals surface area contributed by atoms with Gasteiger partial charge in [0, 0.05) is 0 Å². The first-order valence-corrected chi connectivity index (χ1v) is 7.78. The Balaban J connectivity index is -0.0000000917. The van der Waals surface area contributed by atoms with Gasteiger partial charge in [0.25, 0.3) is 0 Å². The summed E-state index contributed by atoms with van der Waals surface area (Å²) >= 11 is 11.4.